The summed E-state index contributed by atoms with van der Waals surface area (Å²) >= 11 is 0. The topological polar surface area (TPSA) is 118 Å². The third-order valence-electron chi connectivity index (χ3n) is 9.10. The molecule has 1 spiro atoms. The first-order valence-electron chi connectivity index (χ1n) is 12.6. The third kappa shape index (κ3) is 3.45. The molecule has 4 unspecified atom stereocenters. The van der Waals surface area contributed by atoms with Crippen LogP contribution in [0.25, 0.3) is 0 Å². The summed E-state index contributed by atoms with van der Waals surface area (Å²) in [7, 11) is -4.19. The quantitative estimate of drug-likeness (QED) is 0.642. The van der Waals surface area contributed by atoms with Crippen LogP contribution in [-0.4, -0.2) is 36.4 Å². The van der Waals surface area contributed by atoms with Gasteiger partial charge in [0.1, 0.15) is 16.5 Å². The van der Waals surface area contributed by atoms with Crippen molar-refractivity contribution in [3.05, 3.63) is 41.7 Å². The number of carbonyl (C=O) groups excluding carboxylic acids is 1. The predicted molar refractivity (Wildman–Crippen MR) is 135 cm³/mol. The predicted octanol–water partition coefficient (Wildman–Crippen LogP) is 3.95. The molecule has 6 rings (SSSR count). The van der Waals surface area contributed by atoms with E-state index < -0.39 is 15.9 Å². The fraction of sp³-hybridized carbons (Fsp3) is 0.577. The van der Waals surface area contributed by atoms with E-state index in [0.717, 1.165) is 24.6 Å². The molecular formula is C26H35N5O3S. The van der Waals surface area contributed by atoms with Crippen molar-refractivity contribution < 1.29 is 14.6 Å². The molecule has 0 aromatic carbocycles. The maximum absolute atomic E-state index is 13.4. The van der Waals surface area contributed by atoms with Crippen LogP contribution in [0.15, 0.2) is 35.4 Å². The molecular weight excluding hydrogens is 462 g/mol. The molecule has 1 aliphatic heterocycles. The van der Waals surface area contributed by atoms with Gasteiger partial charge in [-0.3, -0.25) is 4.79 Å². The smallest absolute Gasteiger partial charge is 0.268 e. The van der Waals surface area contributed by atoms with E-state index in [2.05, 4.69) is 35.4 Å². The number of anilines is 2. The number of carbonyl (C=O) groups is 1. The molecule has 2 aromatic rings. The van der Waals surface area contributed by atoms with Gasteiger partial charge in [0.05, 0.1) is 5.56 Å². The summed E-state index contributed by atoms with van der Waals surface area (Å²) < 4.78 is 28.1. The van der Waals surface area contributed by atoms with Gasteiger partial charge in [0.25, 0.3) is 15.9 Å². The summed E-state index contributed by atoms with van der Waals surface area (Å²) in [6, 6.07) is 6.51. The highest BCUT2D eigenvalue weighted by molar-refractivity contribution is 7.90. The minimum Gasteiger partial charge on any atom is -0.383 e. The van der Waals surface area contributed by atoms with E-state index in [1.807, 2.05) is 6.07 Å². The van der Waals surface area contributed by atoms with Crippen LogP contribution in [0.2, 0.25) is 0 Å². The van der Waals surface area contributed by atoms with Gasteiger partial charge >= 0.3 is 0 Å². The molecule has 4 fully saturated rings. The highest BCUT2D eigenvalue weighted by atomic mass is 32.2. The van der Waals surface area contributed by atoms with E-state index in [1.165, 1.54) is 44.0 Å². The Morgan fingerprint density at radius 1 is 1.20 bits per heavy atom. The first-order chi connectivity index (χ1) is 16.5. The number of nitrogens with zero attached hydrogens (tertiary/aromatic N) is 3. The second-order valence-corrected chi connectivity index (χ2v) is 13.4. The second kappa shape index (κ2) is 7.41. The van der Waals surface area contributed by atoms with Gasteiger partial charge in [-0.2, -0.15) is 0 Å². The number of aromatic nitrogens is 2. The molecule has 3 N–H and O–H groups in total. The SMILES string of the molecule is C[C@@H]1CN(c2nc(C3CC45CC4CCC35)ccc2C(=O)NS(=O)(=O)c2cccnc2N)C(C)(C)C1.[HH]. The Kier molecular flexibility index (Phi) is 4.82. The minimum atomic E-state index is -4.19. The third-order valence-corrected chi connectivity index (χ3v) is 10.5. The molecule has 9 heteroatoms. The summed E-state index contributed by atoms with van der Waals surface area (Å²) in [4.78, 5) is 24.3. The van der Waals surface area contributed by atoms with E-state index >= 15 is 0 Å². The van der Waals surface area contributed by atoms with Crippen LogP contribution >= 0.6 is 0 Å². The van der Waals surface area contributed by atoms with Crippen molar-refractivity contribution in [2.45, 2.75) is 69.2 Å². The number of hydrogen-bond acceptors (Lipinski definition) is 7. The van der Waals surface area contributed by atoms with E-state index in [0.29, 0.717) is 29.0 Å². The monoisotopic (exact) mass is 497 g/mol. The molecule has 3 heterocycles. The van der Waals surface area contributed by atoms with Crippen LogP contribution in [0, 0.1) is 23.2 Å². The summed E-state index contributed by atoms with van der Waals surface area (Å²) in [6.45, 7) is 7.28. The Balaban J connectivity index is 0.00000267. The van der Waals surface area contributed by atoms with Crippen molar-refractivity contribution >= 4 is 27.6 Å². The van der Waals surface area contributed by atoms with Crippen LogP contribution in [0.3, 0.4) is 0 Å². The van der Waals surface area contributed by atoms with Gasteiger partial charge in [-0.1, -0.05) is 6.92 Å². The van der Waals surface area contributed by atoms with Crippen molar-refractivity contribution in [3.63, 3.8) is 0 Å². The lowest BCUT2D eigenvalue weighted by molar-refractivity contribution is 0.0980. The molecule has 188 valence electrons. The lowest BCUT2D eigenvalue weighted by Crippen LogP contribution is -2.42. The average Bonchev–Trinajstić information content (AvgIpc) is 3.35. The van der Waals surface area contributed by atoms with E-state index in [1.54, 1.807) is 6.07 Å². The van der Waals surface area contributed by atoms with Gasteiger partial charge in [0, 0.05) is 31.3 Å². The molecule has 2 aromatic heterocycles. The van der Waals surface area contributed by atoms with Gasteiger partial charge in [-0.15, -0.1) is 0 Å². The number of sulfonamides is 1. The van der Waals surface area contributed by atoms with Gasteiger partial charge in [0.15, 0.2) is 0 Å². The number of rotatable bonds is 5. The lowest BCUT2D eigenvalue weighted by Gasteiger charge is -2.44. The maximum atomic E-state index is 13.4. The van der Waals surface area contributed by atoms with Crippen LogP contribution in [0.1, 0.15) is 76.3 Å². The number of amides is 1. The normalized spacial score (nSPS) is 32.5. The van der Waals surface area contributed by atoms with Crippen LogP contribution in [-0.2, 0) is 10.0 Å². The number of nitrogens with one attached hydrogen (secondary N) is 1. The summed E-state index contributed by atoms with van der Waals surface area (Å²) in [5, 5.41) is 0. The Morgan fingerprint density at radius 2 is 2.00 bits per heavy atom. The summed E-state index contributed by atoms with van der Waals surface area (Å²) in [6.07, 6.45) is 7.54. The highest BCUT2D eigenvalue weighted by Gasteiger charge is 2.71. The first kappa shape index (κ1) is 22.8. The standard InChI is InChI=1S/C26H33N5O3S.H2/c1-15-11-25(2,3)31(14-15)23-17(24(32)30-35(33,34)21-5-4-10-28-22(21)27)7-9-20(29-23)18-13-26-12-16(26)6-8-19(18)26;/h4-5,7,9-10,15-16,18-19H,6,8,11-14H2,1-3H3,(H2,27,28)(H,30,32);1H/t15-,16?,18?,19?,26?;/m0./s1. The van der Waals surface area contributed by atoms with Crippen molar-refractivity contribution in [1.82, 2.24) is 14.7 Å². The number of nitrogen functional groups attached to an aromatic ring is 1. The Bertz CT molecular complexity index is 1330. The van der Waals surface area contributed by atoms with E-state index in [-0.39, 0.29) is 23.2 Å². The molecule has 3 aliphatic carbocycles. The zero-order valence-electron chi connectivity index (χ0n) is 20.5. The largest absolute Gasteiger partial charge is 0.383 e. The van der Waals surface area contributed by atoms with Crippen molar-refractivity contribution in [3.8, 4) is 0 Å². The van der Waals surface area contributed by atoms with E-state index in [9.17, 15) is 13.2 Å². The minimum absolute atomic E-state index is 0. The lowest BCUT2D eigenvalue weighted by atomic mass is 9.61. The maximum Gasteiger partial charge on any atom is 0.268 e. The molecule has 0 bridgehead atoms. The molecule has 5 atom stereocenters. The molecule has 3 saturated carbocycles. The molecule has 35 heavy (non-hydrogen) atoms. The molecule has 8 nitrogen and oxygen atoms in total. The van der Waals surface area contributed by atoms with E-state index in [4.69, 9.17) is 10.7 Å². The second-order valence-electron chi connectivity index (χ2n) is 11.8. The molecule has 4 aliphatic rings. The van der Waals surface area contributed by atoms with Crippen LogP contribution < -0.4 is 15.4 Å². The fourth-order valence-corrected chi connectivity index (χ4v) is 8.54. The Labute approximate surface area is 208 Å². The number of nitrogens with two attached hydrogens (primary N) is 1. The average molecular weight is 498 g/mol. The Morgan fingerprint density at radius 3 is 2.66 bits per heavy atom. The Hall–Kier alpha value is -2.68. The zero-order valence-corrected chi connectivity index (χ0v) is 21.3. The molecule has 0 radical (unpaired) electrons. The zero-order chi connectivity index (χ0) is 24.8. The number of pyridine rings is 2. The summed E-state index contributed by atoms with van der Waals surface area (Å²) in [5.74, 6) is 2.22. The van der Waals surface area contributed by atoms with Crippen molar-refractivity contribution in [1.29, 1.82) is 0 Å². The summed E-state index contributed by atoms with van der Waals surface area (Å²) in [5.41, 5.74) is 7.46. The van der Waals surface area contributed by atoms with Crippen molar-refractivity contribution in [2.24, 2.45) is 23.2 Å². The molecule has 1 saturated heterocycles. The first-order valence-corrected chi connectivity index (χ1v) is 14.1. The van der Waals surface area contributed by atoms with Gasteiger partial charge in [-0.05, 0) is 93.4 Å². The van der Waals surface area contributed by atoms with Gasteiger partial charge in [-0.25, -0.2) is 23.1 Å². The van der Waals surface area contributed by atoms with Crippen LogP contribution in [0.4, 0.5) is 11.6 Å². The number of hydrogen-bond donors (Lipinski definition) is 2. The highest BCUT2D eigenvalue weighted by Crippen LogP contribution is 2.79. The molecule has 1 amide bonds. The van der Waals surface area contributed by atoms with Gasteiger partial charge < -0.3 is 10.6 Å². The fourth-order valence-electron chi connectivity index (χ4n) is 7.49. The van der Waals surface area contributed by atoms with Crippen LogP contribution in [0.5, 0.6) is 0 Å². The van der Waals surface area contributed by atoms with Gasteiger partial charge in [0.2, 0.25) is 0 Å². The van der Waals surface area contributed by atoms with Crippen molar-refractivity contribution in [2.75, 3.05) is 17.2 Å².